The molecule has 0 bridgehead atoms. The number of aromatic nitrogens is 1. The number of hydrogen-bond donors (Lipinski definition) is 2. The number of likely N-dealkylation sites (tertiary alicyclic amines) is 2. The second-order valence-electron chi connectivity index (χ2n) is 9.12. The number of halogens is 7. The van der Waals surface area contributed by atoms with Crippen LogP contribution in [-0.4, -0.2) is 74.8 Å². The Morgan fingerprint density at radius 3 is 1.80 bits per heavy atom. The average Bonchev–Trinajstić information content (AvgIpc) is 3.15. The third-order valence-corrected chi connectivity index (χ3v) is 6.32. The van der Waals surface area contributed by atoms with Crippen LogP contribution in [0, 0.1) is 11.2 Å². The van der Waals surface area contributed by atoms with Crippen LogP contribution in [0.1, 0.15) is 30.4 Å². The Bertz CT molecular complexity index is 1130. The molecule has 2 saturated heterocycles. The summed E-state index contributed by atoms with van der Waals surface area (Å²) < 4.78 is 76.9. The molecule has 2 aliphatic rings. The van der Waals surface area contributed by atoms with Gasteiger partial charge >= 0.3 is 24.3 Å². The zero-order chi connectivity index (χ0) is 30.1. The number of piperidine rings is 1. The molecule has 1 aromatic carbocycles. The van der Waals surface area contributed by atoms with E-state index in [0.717, 1.165) is 51.0 Å². The monoisotopic (exact) mass is 581 g/mol. The number of nitrogens with zero attached hydrogens (tertiary/aromatic N) is 3. The lowest BCUT2D eigenvalue weighted by atomic mass is 9.77. The molecule has 1 aromatic heterocycles. The Balaban J connectivity index is 0.000000333. The summed E-state index contributed by atoms with van der Waals surface area (Å²) in [4.78, 5) is 39.2. The van der Waals surface area contributed by atoms with Gasteiger partial charge in [-0.2, -0.15) is 26.3 Å². The first kappa shape index (κ1) is 32.5. The van der Waals surface area contributed by atoms with Crippen LogP contribution >= 0.6 is 0 Å². The standard InChI is InChI=1S/C21H24FN3O.2C2HF3O2/c22-19-3-1-2-18(14-19)16-25-13-8-21(20(25)26)6-11-24(12-7-21)15-17-4-9-23-10-5-17;2*3-2(4,5)1(6)7/h1-5,9-10,14H,6-8,11-13,15-16H2;2*(H,6,7). The first-order chi connectivity index (χ1) is 18.5. The van der Waals surface area contributed by atoms with Crippen LogP contribution in [0.5, 0.6) is 0 Å². The summed E-state index contributed by atoms with van der Waals surface area (Å²) in [6.07, 6.45) is -3.77. The van der Waals surface area contributed by atoms with E-state index in [1.807, 2.05) is 35.5 Å². The molecule has 0 radical (unpaired) electrons. The number of rotatable bonds is 4. The van der Waals surface area contributed by atoms with E-state index >= 15 is 0 Å². The van der Waals surface area contributed by atoms with Crippen LogP contribution in [0.15, 0.2) is 48.8 Å². The molecule has 2 aliphatic heterocycles. The van der Waals surface area contributed by atoms with Crippen molar-refractivity contribution in [1.29, 1.82) is 0 Å². The number of alkyl halides is 6. The molecule has 15 heteroatoms. The maximum absolute atomic E-state index is 13.4. The van der Waals surface area contributed by atoms with E-state index in [1.54, 1.807) is 6.07 Å². The number of carbonyl (C=O) groups excluding carboxylic acids is 1. The van der Waals surface area contributed by atoms with Crippen molar-refractivity contribution < 1.29 is 55.3 Å². The topological polar surface area (TPSA) is 111 Å². The van der Waals surface area contributed by atoms with E-state index in [-0.39, 0.29) is 17.1 Å². The van der Waals surface area contributed by atoms with Gasteiger partial charge in [-0.1, -0.05) is 12.1 Å². The zero-order valence-corrected chi connectivity index (χ0v) is 20.9. The number of pyridine rings is 1. The maximum Gasteiger partial charge on any atom is 0.490 e. The quantitative estimate of drug-likeness (QED) is 0.512. The minimum Gasteiger partial charge on any atom is -0.475 e. The van der Waals surface area contributed by atoms with Crippen molar-refractivity contribution in [2.24, 2.45) is 5.41 Å². The van der Waals surface area contributed by atoms with Crippen LogP contribution in [0.4, 0.5) is 30.7 Å². The predicted octanol–water partition coefficient (Wildman–Crippen LogP) is 4.50. The second-order valence-corrected chi connectivity index (χ2v) is 9.12. The fourth-order valence-corrected chi connectivity index (χ4v) is 4.25. The van der Waals surface area contributed by atoms with E-state index in [0.29, 0.717) is 6.54 Å². The molecular formula is C25H26F7N3O5. The first-order valence-corrected chi connectivity index (χ1v) is 11.8. The van der Waals surface area contributed by atoms with Gasteiger partial charge in [0.15, 0.2) is 0 Å². The zero-order valence-electron chi connectivity index (χ0n) is 20.9. The Hall–Kier alpha value is -3.75. The van der Waals surface area contributed by atoms with Gasteiger partial charge in [-0.15, -0.1) is 0 Å². The highest BCUT2D eigenvalue weighted by Crippen LogP contribution is 2.42. The number of carboxylic acid groups (broad SMARTS) is 2. The highest BCUT2D eigenvalue weighted by molar-refractivity contribution is 5.85. The van der Waals surface area contributed by atoms with Gasteiger partial charge in [0.2, 0.25) is 5.91 Å². The lowest BCUT2D eigenvalue weighted by molar-refractivity contribution is -0.193. The maximum atomic E-state index is 13.4. The summed E-state index contributed by atoms with van der Waals surface area (Å²) in [5, 5.41) is 14.2. The molecule has 1 amide bonds. The lowest BCUT2D eigenvalue weighted by Gasteiger charge is -2.38. The van der Waals surface area contributed by atoms with Crippen molar-refractivity contribution >= 4 is 17.8 Å². The summed E-state index contributed by atoms with van der Waals surface area (Å²) in [5.74, 6) is -5.50. The van der Waals surface area contributed by atoms with Crippen molar-refractivity contribution in [1.82, 2.24) is 14.8 Å². The molecule has 2 aromatic rings. The number of carbonyl (C=O) groups is 3. The van der Waals surface area contributed by atoms with Crippen LogP contribution in [0.25, 0.3) is 0 Å². The molecule has 40 heavy (non-hydrogen) atoms. The number of amides is 1. The molecule has 1 spiro atoms. The van der Waals surface area contributed by atoms with Crippen LogP contribution in [0.2, 0.25) is 0 Å². The van der Waals surface area contributed by atoms with Crippen molar-refractivity contribution in [3.8, 4) is 0 Å². The van der Waals surface area contributed by atoms with Crippen molar-refractivity contribution in [3.63, 3.8) is 0 Å². The van der Waals surface area contributed by atoms with E-state index in [1.165, 1.54) is 17.7 Å². The smallest absolute Gasteiger partial charge is 0.475 e. The molecule has 3 heterocycles. The molecule has 0 unspecified atom stereocenters. The number of aliphatic carboxylic acids is 2. The van der Waals surface area contributed by atoms with Crippen LogP contribution in [0.3, 0.4) is 0 Å². The lowest BCUT2D eigenvalue weighted by Crippen LogP contribution is -2.44. The van der Waals surface area contributed by atoms with Gasteiger partial charge in [-0.25, -0.2) is 14.0 Å². The molecule has 0 aliphatic carbocycles. The molecule has 4 rings (SSSR count). The van der Waals surface area contributed by atoms with Gasteiger partial charge in [0, 0.05) is 32.0 Å². The summed E-state index contributed by atoms with van der Waals surface area (Å²) in [6.45, 7) is 4.10. The Kier molecular flexibility index (Phi) is 11.0. The fourth-order valence-electron chi connectivity index (χ4n) is 4.25. The highest BCUT2D eigenvalue weighted by atomic mass is 19.4. The average molecular weight is 581 g/mol. The number of hydrogen-bond acceptors (Lipinski definition) is 5. The third-order valence-electron chi connectivity index (χ3n) is 6.32. The van der Waals surface area contributed by atoms with Gasteiger partial charge in [0.1, 0.15) is 5.82 Å². The molecule has 2 fully saturated rings. The molecule has 220 valence electrons. The van der Waals surface area contributed by atoms with E-state index in [4.69, 9.17) is 19.8 Å². The van der Waals surface area contributed by atoms with Gasteiger partial charge < -0.3 is 15.1 Å². The van der Waals surface area contributed by atoms with Gasteiger partial charge in [-0.3, -0.25) is 14.7 Å². The van der Waals surface area contributed by atoms with E-state index in [9.17, 15) is 35.5 Å². The van der Waals surface area contributed by atoms with Gasteiger partial charge in [0.25, 0.3) is 0 Å². The fraction of sp³-hybridized carbons (Fsp3) is 0.440. The molecular weight excluding hydrogens is 555 g/mol. The first-order valence-electron chi connectivity index (χ1n) is 11.8. The summed E-state index contributed by atoms with van der Waals surface area (Å²) in [6, 6.07) is 10.7. The Labute approximate surface area is 224 Å². The minimum absolute atomic E-state index is 0.206. The normalized spacial score (nSPS) is 17.0. The van der Waals surface area contributed by atoms with Gasteiger partial charge in [-0.05, 0) is 67.7 Å². The molecule has 0 atom stereocenters. The summed E-state index contributed by atoms with van der Waals surface area (Å²) in [7, 11) is 0. The largest absolute Gasteiger partial charge is 0.490 e. The summed E-state index contributed by atoms with van der Waals surface area (Å²) >= 11 is 0. The number of carboxylic acids is 2. The van der Waals surface area contributed by atoms with Crippen molar-refractivity contribution in [2.75, 3.05) is 19.6 Å². The van der Waals surface area contributed by atoms with E-state index < -0.39 is 24.3 Å². The summed E-state index contributed by atoms with van der Waals surface area (Å²) in [5.41, 5.74) is 1.93. The Morgan fingerprint density at radius 2 is 1.32 bits per heavy atom. The highest BCUT2D eigenvalue weighted by Gasteiger charge is 2.47. The number of benzene rings is 1. The predicted molar refractivity (Wildman–Crippen MR) is 125 cm³/mol. The van der Waals surface area contributed by atoms with E-state index in [2.05, 4.69) is 9.88 Å². The molecule has 0 saturated carbocycles. The Morgan fingerprint density at radius 1 is 0.825 bits per heavy atom. The van der Waals surface area contributed by atoms with Crippen LogP contribution < -0.4 is 0 Å². The molecule has 2 N–H and O–H groups in total. The third kappa shape index (κ3) is 9.77. The van der Waals surface area contributed by atoms with Gasteiger partial charge in [0.05, 0.1) is 5.41 Å². The molecule has 8 nitrogen and oxygen atoms in total. The second kappa shape index (κ2) is 13.5. The van der Waals surface area contributed by atoms with Crippen molar-refractivity contribution in [2.45, 2.75) is 44.7 Å². The minimum atomic E-state index is -5.08. The van der Waals surface area contributed by atoms with Crippen LogP contribution in [-0.2, 0) is 27.5 Å². The van der Waals surface area contributed by atoms with Crippen molar-refractivity contribution in [3.05, 3.63) is 65.7 Å². The SMILES string of the molecule is O=C(O)C(F)(F)F.O=C(O)C(F)(F)F.O=C1N(Cc2cccc(F)c2)CCC12CCN(Cc1ccncc1)CC2.